The molecule has 0 fully saturated rings. The number of hydrogen-bond acceptors (Lipinski definition) is 2. The zero-order valence-electron chi connectivity index (χ0n) is 7.33. The van der Waals surface area contributed by atoms with E-state index in [0.29, 0.717) is 6.42 Å². The minimum Gasteiger partial charge on any atom is -0.259 e. The molecule has 0 amide bonds. The van der Waals surface area contributed by atoms with Gasteiger partial charge >= 0.3 is 0 Å². The summed E-state index contributed by atoms with van der Waals surface area (Å²) in [6.07, 6.45) is 3.26. The molecule has 0 spiro atoms. The molecule has 0 saturated carbocycles. The Morgan fingerprint density at radius 3 is 2.18 bits per heavy atom. The molecule has 0 N–H and O–H groups in total. The van der Waals surface area contributed by atoms with E-state index in [1.54, 1.807) is 6.92 Å². The summed E-state index contributed by atoms with van der Waals surface area (Å²) in [5.74, 6) is 0. The van der Waals surface area contributed by atoms with Crippen molar-refractivity contribution in [1.29, 1.82) is 0 Å². The number of nitro groups is 1. The van der Waals surface area contributed by atoms with Crippen LogP contribution in [0.4, 0.5) is 0 Å². The molecule has 0 aromatic heterocycles. The summed E-state index contributed by atoms with van der Waals surface area (Å²) in [7, 11) is 0. The predicted molar refractivity (Wildman–Crippen MR) is 46.9 cm³/mol. The molecule has 0 rings (SSSR count). The van der Waals surface area contributed by atoms with Gasteiger partial charge in [-0.1, -0.05) is 33.4 Å². The van der Waals surface area contributed by atoms with Gasteiger partial charge in [-0.3, -0.25) is 10.1 Å². The molecule has 0 aliphatic carbocycles. The van der Waals surface area contributed by atoms with Crippen LogP contribution in [0.25, 0.3) is 0 Å². The molecule has 0 radical (unpaired) electrons. The number of allylic oxidation sites excluding steroid dienone is 3. The van der Waals surface area contributed by atoms with E-state index in [4.69, 9.17) is 0 Å². The van der Waals surface area contributed by atoms with Crippen LogP contribution in [0.5, 0.6) is 0 Å². The lowest BCUT2D eigenvalue weighted by Crippen LogP contribution is -1.95. The van der Waals surface area contributed by atoms with E-state index in [1.807, 2.05) is 13.8 Å². The molecule has 0 aliphatic heterocycles. The van der Waals surface area contributed by atoms with Crippen molar-refractivity contribution < 1.29 is 4.92 Å². The smallest absolute Gasteiger partial charge is 0.245 e. The first kappa shape index (κ1) is 12.5. The molecule has 3 nitrogen and oxygen atoms in total. The molecular weight excluding hydrogens is 142 g/mol. The number of rotatable bonds is 3. The molecule has 11 heavy (non-hydrogen) atoms. The Morgan fingerprint density at radius 1 is 1.64 bits per heavy atom. The van der Waals surface area contributed by atoms with Crippen LogP contribution in [0.1, 0.15) is 27.2 Å². The van der Waals surface area contributed by atoms with Gasteiger partial charge in [0, 0.05) is 12.5 Å². The molecule has 0 atom stereocenters. The SMILES string of the molecule is C=C/C=C(\CC)[N+](=O)[O-].CC. The summed E-state index contributed by atoms with van der Waals surface area (Å²) in [6, 6.07) is 0. The lowest BCUT2D eigenvalue weighted by Gasteiger charge is -1.88. The second kappa shape index (κ2) is 8.88. The molecule has 0 aliphatic rings. The summed E-state index contributed by atoms with van der Waals surface area (Å²) in [5.41, 5.74) is 0.199. The van der Waals surface area contributed by atoms with Crippen LogP contribution in [0, 0.1) is 10.1 Å². The van der Waals surface area contributed by atoms with Crippen LogP contribution in [0.3, 0.4) is 0 Å². The van der Waals surface area contributed by atoms with Gasteiger partial charge < -0.3 is 0 Å². The zero-order chi connectivity index (χ0) is 9.28. The lowest BCUT2D eigenvalue weighted by atomic mass is 10.3. The van der Waals surface area contributed by atoms with E-state index in [-0.39, 0.29) is 5.70 Å². The number of nitrogens with zero attached hydrogens (tertiary/aromatic N) is 1. The summed E-state index contributed by atoms with van der Waals surface area (Å²) in [6.45, 7) is 9.08. The van der Waals surface area contributed by atoms with Crippen molar-refractivity contribution in [3.05, 3.63) is 34.5 Å². The van der Waals surface area contributed by atoms with Gasteiger partial charge in [0.1, 0.15) is 0 Å². The Labute approximate surface area is 67.6 Å². The fourth-order valence-electron chi connectivity index (χ4n) is 0.444. The standard InChI is InChI=1S/C6H9NO2.C2H6/c1-3-5-6(4-2)7(8)9;1-2/h3,5H,1,4H2,2H3;1-2H3/b6-5+;. The quantitative estimate of drug-likeness (QED) is 0.359. The van der Waals surface area contributed by atoms with Crippen molar-refractivity contribution in [2.75, 3.05) is 0 Å². The van der Waals surface area contributed by atoms with Crippen molar-refractivity contribution in [2.45, 2.75) is 27.2 Å². The summed E-state index contributed by atoms with van der Waals surface area (Å²) >= 11 is 0. The maximum Gasteiger partial charge on any atom is 0.245 e. The van der Waals surface area contributed by atoms with Gasteiger partial charge in [-0.05, 0) is 0 Å². The minimum atomic E-state index is -0.401. The molecule has 0 aromatic rings. The monoisotopic (exact) mass is 157 g/mol. The second-order valence-corrected chi connectivity index (χ2v) is 1.50. The molecule has 3 heteroatoms. The van der Waals surface area contributed by atoms with E-state index in [0.717, 1.165) is 0 Å². The Balaban J connectivity index is 0. The predicted octanol–water partition coefficient (Wildman–Crippen LogP) is 2.77. The minimum absolute atomic E-state index is 0.199. The molecule has 0 bridgehead atoms. The van der Waals surface area contributed by atoms with Gasteiger partial charge in [0.05, 0.1) is 4.92 Å². The highest BCUT2D eigenvalue weighted by Gasteiger charge is 2.02. The first-order valence-electron chi connectivity index (χ1n) is 3.68. The van der Waals surface area contributed by atoms with E-state index in [2.05, 4.69) is 6.58 Å². The van der Waals surface area contributed by atoms with Crippen molar-refractivity contribution in [2.24, 2.45) is 0 Å². The summed E-state index contributed by atoms with van der Waals surface area (Å²) < 4.78 is 0. The third-order valence-electron chi connectivity index (χ3n) is 0.907. The average molecular weight is 157 g/mol. The molecular formula is C8H15NO2. The van der Waals surface area contributed by atoms with Crippen LogP contribution in [0.2, 0.25) is 0 Å². The highest BCUT2D eigenvalue weighted by Crippen LogP contribution is 1.99. The van der Waals surface area contributed by atoms with Crippen LogP contribution >= 0.6 is 0 Å². The third kappa shape index (κ3) is 6.77. The Kier molecular flexibility index (Phi) is 10.1. The van der Waals surface area contributed by atoms with E-state index in [9.17, 15) is 10.1 Å². The van der Waals surface area contributed by atoms with Crippen LogP contribution < -0.4 is 0 Å². The Hall–Kier alpha value is -1.12. The maximum absolute atomic E-state index is 10.0. The average Bonchev–Trinajstić information content (AvgIpc) is 2.03. The van der Waals surface area contributed by atoms with Gasteiger partial charge in [-0.2, -0.15) is 0 Å². The first-order valence-corrected chi connectivity index (χ1v) is 3.68. The molecule has 64 valence electrons. The zero-order valence-corrected chi connectivity index (χ0v) is 7.33. The van der Waals surface area contributed by atoms with Crippen LogP contribution in [0.15, 0.2) is 24.4 Å². The van der Waals surface area contributed by atoms with Crippen molar-refractivity contribution >= 4 is 0 Å². The maximum atomic E-state index is 10.0. The first-order chi connectivity index (χ1) is 5.22. The van der Waals surface area contributed by atoms with Gasteiger partial charge in [-0.25, -0.2) is 0 Å². The van der Waals surface area contributed by atoms with Crippen molar-refractivity contribution in [3.8, 4) is 0 Å². The largest absolute Gasteiger partial charge is 0.259 e. The molecule has 0 saturated heterocycles. The van der Waals surface area contributed by atoms with Gasteiger partial charge in [0.25, 0.3) is 0 Å². The normalized spacial score (nSPS) is 9.55. The fourth-order valence-corrected chi connectivity index (χ4v) is 0.444. The summed E-state index contributed by atoms with van der Waals surface area (Å²) in [5, 5.41) is 10.0. The molecule has 0 heterocycles. The van der Waals surface area contributed by atoms with Gasteiger partial charge in [0.15, 0.2) is 0 Å². The highest BCUT2D eigenvalue weighted by molar-refractivity contribution is 5.02. The van der Waals surface area contributed by atoms with Crippen molar-refractivity contribution in [3.63, 3.8) is 0 Å². The molecule has 0 aromatic carbocycles. The fraction of sp³-hybridized carbons (Fsp3) is 0.500. The van der Waals surface area contributed by atoms with Crippen LogP contribution in [-0.2, 0) is 0 Å². The Morgan fingerprint density at radius 2 is 2.09 bits per heavy atom. The topological polar surface area (TPSA) is 43.1 Å². The highest BCUT2D eigenvalue weighted by atomic mass is 16.6. The van der Waals surface area contributed by atoms with E-state index in [1.165, 1.54) is 12.2 Å². The summed E-state index contributed by atoms with van der Waals surface area (Å²) in [4.78, 5) is 9.61. The van der Waals surface area contributed by atoms with E-state index >= 15 is 0 Å². The van der Waals surface area contributed by atoms with Gasteiger partial charge in [0.2, 0.25) is 5.70 Å². The van der Waals surface area contributed by atoms with E-state index < -0.39 is 4.92 Å². The molecule has 0 unspecified atom stereocenters. The third-order valence-corrected chi connectivity index (χ3v) is 0.907. The second-order valence-electron chi connectivity index (χ2n) is 1.50. The Bertz CT molecular complexity index is 150. The van der Waals surface area contributed by atoms with Gasteiger partial charge in [-0.15, -0.1) is 0 Å². The van der Waals surface area contributed by atoms with Crippen LogP contribution in [-0.4, -0.2) is 4.92 Å². The lowest BCUT2D eigenvalue weighted by molar-refractivity contribution is -0.427. The van der Waals surface area contributed by atoms with Crippen molar-refractivity contribution in [1.82, 2.24) is 0 Å². The number of hydrogen-bond donors (Lipinski definition) is 0.